The average Bonchev–Trinajstić information content (AvgIpc) is 2.79. The Bertz CT molecular complexity index is 859. The van der Waals surface area contributed by atoms with Crippen molar-refractivity contribution < 1.29 is 9.59 Å². The van der Waals surface area contributed by atoms with Gasteiger partial charge in [-0.15, -0.1) is 0 Å². The van der Waals surface area contributed by atoms with Crippen LogP contribution in [-0.2, 0) is 4.79 Å². The second-order valence-electron chi connectivity index (χ2n) is 8.05. The Labute approximate surface area is 172 Å². The van der Waals surface area contributed by atoms with Gasteiger partial charge in [-0.2, -0.15) is 0 Å². The minimum Gasteiger partial charge on any atom is -0.369 e. The topological polar surface area (TPSA) is 43.9 Å². The second-order valence-corrected chi connectivity index (χ2v) is 8.05. The van der Waals surface area contributed by atoms with Crippen LogP contribution in [0.25, 0.3) is 0 Å². The van der Waals surface area contributed by atoms with Gasteiger partial charge in [0.1, 0.15) is 0 Å². The van der Waals surface area contributed by atoms with Gasteiger partial charge in [-0.3, -0.25) is 14.5 Å². The number of rotatable bonds is 4. The molecule has 1 atom stereocenters. The molecule has 2 aliphatic rings. The lowest BCUT2D eigenvalue weighted by Crippen LogP contribution is -2.56. The Morgan fingerprint density at radius 2 is 1.55 bits per heavy atom. The van der Waals surface area contributed by atoms with Gasteiger partial charge in [0.05, 0.1) is 0 Å². The van der Waals surface area contributed by atoms with Crippen LogP contribution in [0.5, 0.6) is 0 Å². The highest BCUT2D eigenvalue weighted by atomic mass is 16.2. The van der Waals surface area contributed by atoms with Crippen LogP contribution >= 0.6 is 0 Å². The number of benzene rings is 2. The third kappa shape index (κ3) is 4.35. The van der Waals surface area contributed by atoms with E-state index in [4.69, 9.17) is 0 Å². The van der Waals surface area contributed by atoms with Crippen molar-refractivity contribution in [3.05, 3.63) is 65.7 Å². The van der Waals surface area contributed by atoms with Gasteiger partial charge in [-0.25, -0.2) is 0 Å². The molecule has 0 aliphatic carbocycles. The molecule has 2 fully saturated rings. The first-order valence-electron chi connectivity index (χ1n) is 10.6. The second kappa shape index (κ2) is 8.78. The van der Waals surface area contributed by atoms with Gasteiger partial charge in [0, 0.05) is 56.6 Å². The molecule has 2 aromatic carbocycles. The summed E-state index contributed by atoms with van der Waals surface area (Å²) in [6.45, 7) is 7.48. The van der Waals surface area contributed by atoms with E-state index in [1.54, 1.807) is 29.2 Å². The predicted octanol–water partition coefficient (Wildman–Crippen LogP) is 2.99. The summed E-state index contributed by atoms with van der Waals surface area (Å²) in [7, 11) is 0. The molecule has 0 radical (unpaired) electrons. The van der Waals surface area contributed by atoms with Crippen molar-refractivity contribution in [3.8, 4) is 0 Å². The molecule has 29 heavy (non-hydrogen) atoms. The molecular weight excluding hydrogens is 362 g/mol. The zero-order valence-electron chi connectivity index (χ0n) is 17.1. The highest BCUT2D eigenvalue weighted by Crippen LogP contribution is 2.23. The van der Waals surface area contributed by atoms with E-state index >= 15 is 0 Å². The van der Waals surface area contributed by atoms with E-state index in [0.29, 0.717) is 24.7 Å². The van der Waals surface area contributed by atoms with E-state index in [-0.39, 0.29) is 5.91 Å². The van der Waals surface area contributed by atoms with Crippen molar-refractivity contribution in [2.75, 3.05) is 44.2 Å². The summed E-state index contributed by atoms with van der Waals surface area (Å²) in [5.74, 6) is -0.755. The number of likely N-dealkylation sites (tertiary alicyclic amines) is 1. The normalized spacial score (nSPS) is 20.5. The van der Waals surface area contributed by atoms with E-state index in [2.05, 4.69) is 41.0 Å². The third-order valence-electron chi connectivity index (χ3n) is 6.20. The lowest BCUT2D eigenvalue weighted by atomic mass is 10.0. The molecule has 0 unspecified atom stereocenters. The third-order valence-corrected chi connectivity index (χ3v) is 6.20. The van der Waals surface area contributed by atoms with Gasteiger partial charge in [0.15, 0.2) is 0 Å². The fourth-order valence-corrected chi connectivity index (χ4v) is 4.54. The van der Waals surface area contributed by atoms with Gasteiger partial charge < -0.3 is 9.80 Å². The van der Waals surface area contributed by atoms with Gasteiger partial charge >= 0.3 is 0 Å². The number of ketones is 1. The summed E-state index contributed by atoms with van der Waals surface area (Å²) in [6, 6.07) is 17.8. The number of Topliss-reactive ketones (excluding diaryl/α,β-unsaturated/α-hetero) is 1. The van der Waals surface area contributed by atoms with Crippen LogP contribution in [0.1, 0.15) is 28.8 Å². The first-order valence-corrected chi connectivity index (χ1v) is 10.6. The largest absolute Gasteiger partial charge is 0.369 e. The Morgan fingerprint density at radius 1 is 0.862 bits per heavy atom. The van der Waals surface area contributed by atoms with Crippen LogP contribution in [0.2, 0.25) is 0 Å². The van der Waals surface area contributed by atoms with Gasteiger partial charge in [0.2, 0.25) is 5.78 Å². The fraction of sp³-hybridized carbons (Fsp3) is 0.417. The predicted molar refractivity (Wildman–Crippen MR) is 115 cm³/mol. The summed E-state index contributed by atoms with van der Waals surface area (Å²) in [6.07, 6.45) is 2.05. The fourth-order valence-electron chi connectivity index (χ4n) is 4.54. The number of amides is 1. The smallest absolute Gasteiger partial charge is 0.295 e. The van der Waals surface area contributed by atoms with E-state index < -0.39 is 5.78 Å². The molecule has 0 bridgehead atoms. The molecule has 152 valence electrons. The summed E-state index contributed by atoms with van der Waals surface area (Å²) in [5, 5.41) is 0. The molecule has 2 saturated heterocycles. The number of hydrogen-bond donors (Lipinski definition) is 0. The highest BCUT2D eigenvalue weighted by Gasteiger charge is 2.32. The molecule has 0 saturated carbocycles. The number of piperazine rings is 1. The van der Waals surface area contributed by atoms with Crippen LogP contribution in [-0.4, -0.2) is 66.8 Å². The number of piperidine rings is 1. The van der Waals surface area contributed by atoms with Crippen LogP contribution < -0.4 is 4.90 Å². The summed E-state index contributed by atoms with van der Waals surface area (Å²) < 4.78 is 0. The van der Waals surface area contributed by atoms with Crippen molar-refractivity contribution in [1.82, 2.24) is 9.80 Å². The molecule has 0 spiro atoms. The molecule has 5 heteroatoms. The van der Waals surface area contributed by atoms with Crippen molar-refractivity contribution in [3.63, 3.8) is 0 Å². The van der Waals surface area contributed by atoms with Crippen molar-refractivity contribution in [1.29, 1.82) is 0 Å². The minimum absolute atomic E-state index is 0.343. The maximum Gasteiger partial charge on any atom is 0.295 e. The van der Waals surface area contributed by atoms with Crippen LogP contribution in [0.4, 0.5) is 5.69 Å². The van der Waals surface area contributed by atoms with E-state index in [0.717, 1.165) is 39.0 Å². The summed E-state index contributed by atoms with van der Waals surface area (Å²) in [5.41, 5.74) is 3.11. The molecule has 2 heterocycles. The summed E-state index contributed by atoms with van der Waals surface area (Å²) >= 11 is 0. The standard InChI is InChI=1S/C24H29N3O2/c1-19-8-5-6-12-22(19)26-16-14-25(15-17-26)21-11-7-13-27(18-21)24(29)23(28)20-9-3-2-4-10-20/h2-6,8-10,12,21H,7,11,13-18H2,1H3/t21-/m0/s1. The lowest BCUT2D eigenvalue weighted by molar-refractivity contribution is -0.128. The minimum atomic E-state index is -0.393. The summed E-state index contributed by atoms with van der Waals surface area (Å²) in [4.78, 5) is 32.0. The monoisotopic (exact) mass is 391 g/mol. The number of hydrogen-bond acceptors (Lipinski definition) is 4. The highest BCUT2D eigenvalue weighted by molar-refractivity contribution is 6.42. The number of aryl methyl sites for hydroxylation is 1. The van der Waals surface area contributed by atoms with Gasteiger partial charge in [0.25, 0.3) is 5.91 Å². The molecule has 0 aromatic heterocycles. The lowest BCUT2D eigenvalue weighted by Gasteiger charge is -2.44. The van der Waals surface area contributed by atoms with Crippen molar-refractivity contribution >= 4 is 17.4 Å². The number of carbonyl (C=O) groups excluding carboxylic acids is 2. The first-order chi connectivity index (χ1) is 14.1. The quantitative estimate of drug-likeness (QED) is 0.594. The Hall–Kier alpha value is -2.66. The Morgan fingerprint density at radius 3 is 2.28 bits per heavy atom. The molecule has 5 nitrogen and oxygen atoms in total. The zero-order valence-corrected chi connectivity index (χ0v) is 17.1. The number of para-hydroxylation sites is 1. The van der Waals surface area contributed by atoms with Gasteiger partial charge in [-0.1, -0.05) is 48.5 Å². The van der Waals surface area contributed by atoms with Crippen LogP contribution in [0.15, 0.2) is 54.6 Å². The van der Waals surface area contributed by atoms with Crippen molar-refractivity contribution in [2.45, 2.75) is 25.8 Å². The SMILES string of the molecule is Cc1ccccc1N1CCN([C@H]2CCCN(C(=O)C(=O)c3ccccc3)C2)CC1. The molecule has 1 amide bonds. The molecular formula is C24H29N3O2. The van der Waals surface area contributed by atoms with E-state index in [1.165, 1.54) is 11.3 Å². The Balaban J connectivity index is 1.35. The molecule has 2 aliphatic heterocycles. The van der Waals surface area contributed by atoms with Crippen molar-refractivity contribution in [2.24, 2.45) is 0 Å². The number of anilines is 1. The maximum atomic E-state index is 12.8. The molecule has 2 aromatic rings. The zero-order chi connectivity index (χ0) is 20.2. The average molecular weight is 392 g/mol. The first kappa shape index (κ1) is 19.6. The molecule has 4 rings (SSSR count). The number of nitrogens with zero attached hydrogens (tertiary/aromatic N) is 3. The maximum absolute atomic E-state index is 12.8. The Kier molecular flexibility index (Phi) is 5.95. The van der Waals surface area contributed by atoms with E-state index in [9.17, 15) is 9.59 Å². The van der Waals surface area contributed by atoms with Crippen LogP contribution in [0.3, 0.4) is 0 Å². The van der Waals surface area contributed by atoms with E-state index in [1.807, 2.05) is 6.07 Å². The van der Waals surface area contributed by atoms with Gasteiger partial charge in [-0.05, 0) is 31.4 Å². The molecule has 0 N–H and O–H groups in total. The number of carbonyl (C=O) groups is 2. The van der Waals surface area contributed by atoms with Crippen LogP contribution in [0, 0.1) is 6.92 Å².